The van der Waals surface area contributed by atoms with E-state index in [2.05, 4.69) is 26.1 Å². The number of nitrogens with one attached hydrogen (secondary N) is 1. The van der Waals surface area contributed by atoms with Crippen LogP contribution in [0, 0.1) is 12.8 Å². The molecule has 1 aromatic carbocycles. The van der Waals surface area contributed by atoms with Crippen LogP contribution in [0.3, 0.4) is 0 Å². The average Bonchev–Trinajstić information content (AvgIpc) is 2.26. The van der Waals surface area contributed by atoms with E-state index < -0.39 is 0 Å². The first-order valence-electron chi connectivity index (χ1n) is 5.55. The van der Waals surface area contributed by atoms with Crippen LogP contribution >= 0.6 is 0 Å². The number of hydrogen-bond acceptors (Lipinski definition) is 3. The summed E-state index contributed by atoms with van der Waals surface area (Å²) < 4.78 is 10.5. The summed E-state index contributed by atoms with van der Waals surface area (Å²) in [6.07, 6.45) is 0. The minimum Gasteiger partial charge on any atom is -0.493 e. The summed E-state index contributed by atoms with van der Waals surface area (Å²) in [4.78, 5) is 0. The Balaban J connectivity index is 2.92. The molecule has 0 fully saturated rings. The molecule has 0 aliphatic carbocycles. The maximum Gasteiger partial charge on any atom is 0.162 e. The topological polar surface area (TPSA) is 30.5 Å². The van der Waals surface area contributed by atoms with E-state index >= 15 is 0 Å². The van der Waals surface area contributed by atoms with Crippen molar-refractivity contribution in [3.05, 3.63) is 17.7 Å². The van der Waals surface area contributed by atoms with Crippen molar-refractivity contribution >= 4 is 5.69 Å². The Bertz CT molecular complexity index is 348. The fourth-order valence-corrected chi connectivity index (χ4v) is 1.49. The van der Waals surface area contributed by atoms with Crippen LogP contribution in [0.15, 0.2) is 12.1 Å². The molecule has 90 valence electrons. The summed E-state index contributed by atoms with van der Waals surface area (Å²) in [5, 5.41) is 3.40. The number of anilines is 1. The summed E-state index contributed by atoms with van der Waals surface area (Å²) in [7, 11) is 3.30. The normalized spacial score (nSPS) is 10.4. The van der Waals surface area contributed by atoms with Crippen LogP contribution in [-0.4, -0.2) is 20.8 Å². The van der Waals surface area contributed by atoms with Gasteiger partial charge in [0.15, 0.2) is 11.5 Å². The fraction of sp³-hybridized carbons (Fsp3) is 0.538. The average molecular weight is 223 g/mol. The highest BCUT2D eigenvalue weighted by Crippen LogP contribution is 2.32. The van der Waals surface area contributed by atoms with Gasteiger partial charge in [-0.25, -0.2) is 0 Å². The Morgan fingerprint density at radius 2 is 1.69 bits per heavy atom. The zero-order chi connectivity index (χ0) is 12.1. The van der Waals surface area contributed by atoms with Crippen LogP contribution in [0.25, 0.3) is 0 Å². The smallest absolute Gasteiger partial charge is 0.162 e. The van der Waals surface area contributed by atoms with E-state index in [-0.39, 0.29) is 0 Å². The van der Waals surface area contributed by atoms with Crippen LogP contribution in [0.5, 0.6) is 11.5 Å². The van der Waals surface area contributed by atoms with Gasteiger partial charge in [-0.1, -0.05) is 13.8 Å². The summed E-state index contributed by atoms with van der Waals surface area (Å²) in [5.41, 5.74) is 2.27. The second kappa shape index (κ2) is 5.64. The van der Waals surface area contributed by atoms with Crippen LogP contribution in [0.1, 0.15) is 19.4 Å². The molecule has 0 aliphatic heterocycles. The molecule has 0 amide bonds. The number of aryl methyl sites for hydroxylation is 1. The molecule has 0 bridgehead atoms. The third-order valence-electron chi connectivity index (χ3n) is 2.43. The first kappa shape index (κ1) is 12.7. The first-order chi connectivity index (χ1) is 7.58. The van der Waals surface area contributed by atoms with Gasteiger partial charge in [0.25, 0.3) is 0 Å². The van der Waals surface area contributed by atoms with Crippen molar-refractivity contribution in [3.8, 4) is 11.5 Å². The van der Waals surface area contributed by atoms with E-state index in [4.69, 9.17) is 9.47 Å². The molecule has 0 atom stereocenters. The summed E-state index contributed by atoms with van der Waals surface area (Å²) in [6.45, 7) is 7.38. The second-order valence-corrected chi connectivity index (χ2v) is 4.30. The molecule has 0 unspecified atom stereocenters. The van der Waals surface area contributed by atoms with Gasteiger partial charge in [-0.15, -0.1) is 0 Å². The third-order valence-corrected chi connectivity index (χ3v) is 2.43. The van der Waals surface area contributed by atoms with E-state index in [1.54, 1.807) is 14.2 Å². The Labute approximate surface area is 97.8 Å². The maximum atomic E-state index is 5.27. The molecule has 0 radical (unpaired) electrons. The molecule has 1 rings (SSSR count). The van der Waals surface area contributed by atoms with E-state index in [1.165, 1.54) is 5.56 Å². The van der Waals surface area contributed by atoms with Gasteiger partial charge in [0.05, 0.1) is 14.2 Å². The molecule has 3 nitrogen and oxygen atoms in total. The first-order valence-corrected chi connectivity index (χ1v) is 5.55. The predicted octanol–water partition coefficient (Wildman–Crippen LogP) is 3.08. The maximum absolute atomic E-state index is 5.27. The van der Waals surface area contributed by atoms with Crippen molar-refractivity contribution in [3.63, 3.8) is 0 Å². The van der Waals surface area contributed by atoms with Crippen molar-refractivity contribution in [1.29, 1.82) is 0 Å². The van der Waals surface area contributed by atoms with Crippen LogP contribution in [0.2, 0.25) is 0 Å². The molecule has 0 spiro atoms. The lowest BCUT2D eigenvalue weighted by molar-refractivity contribution is 0.355. The zero-order valence-electron chi connectivity index (χ0n) is 10.8. The SMILES string of the molecule is COc1cc(C)c(NCC(C)C)cc1OC. The molecule has 0 aliphatic rings. The van der Waals surface area contributed by atoms with Crippen molar-refractivity contribution in [1.82, 2.24) is 0 Å². The van der Waals surface area contributed by atoms with E-state index in [0.29, 0.717) is 5.92 Å². The highest BCUT2D eigenvalue weighted by atomic mass is 16.5. The third kappa shape index (κ3) is 3.05. The molecule has 1 N–H and O–H groups in total. The number of methoxy groups -OCH3 is 2. The number of rotatable bonds is 5. The molecular formula is C13H21NO2. The van der Waals surface area contributed by atoms with Gasteiger partial charge in [-0.05, 0) is 24.5 Å². The molecular weight excluding hydrogens is 202 g/mol. The Hall–Kier alpha value is -1.38. The standard InChI is InChI=1S/C13H21NO2/c1-9(2)8-14-11-7-13(16-5)12(15-4)6-10(11)3/h6-7,9,14H,8H2,1-5H3. The number of benzene rings is 1. The quantitative estimate of drug-likeness (QED) is 0.832. The monoisotopic (exact) mass is 223 g/mol. The Morgan fingerprint density at radius 3 is 2.19 bits per heavy atom. The fourth-order valence-electron chi connectivity index (χ4n) is 1.49. The van der Waals surface area contributed by atoms with E-state index in [1.807, 2.05) is 12.1 Å². The van der Waals surface area contributed by atoms with Gasteiger partial charge in [-0.2, -0.15) is 0 Å². The Kier molecular flexibility index (Phi) is 4.47. The Morgan fingerprint density at radius 1 is 1.12 bits per heavy atom. The highest BCUT2D eigenvalue weighted by Gasteiger charge is 2.08. The number of ether oxygens (including phenoxy) is 2. The largest absolute Gasteiger partial charge is 0.493 e. The van der Waals surface area contributed by atoms with E-state index in [0.717, 1.165) is 23.7 Å². The lowest BCUT2D eigenvalue weighted by atomic mass is 10.1. The lowest BCUT2D eigenvalue weighted by Crippen LogP contribution is -2.09. The minimum absolute atomic E-state index is 0.618. The van der Waals surface area contributed by atoms with Gasteiger partial charge in [-0.3, -0.25) is 0 Å². The summed E-state index contributed by atoms with van der Waals surface area (Å²) in [5.74, 6) is 2.15. The van der Waals surface area contributed by atoms with E-state index in [9.17, 15) is 0 Å². The number of hydrogen-bond donors (Lipinski definition) is 1. The summed E-state index contributed by atoms with van der Waals surface area (Å²) >= 11 is 0. The molecule has 1 aromatic rings. The molecule has 0 saturated carbocycles. The van der Waals surface area contributed by atoms with Gasteiger partial charge >= 0.3 is 0 Å². The predicted molar refractivity (Wildman–Crippen MR) is 67.6 cm³/mol. The van der Waals surface area contributed by atoms with Crippen LogP contribution in [-0.2, 0) is 0 Å². The van der Waals surface area contributed by atoms with Crippen molar-refractivity contribution in [2.24, 2.45) is 5.92 Å². The molecule has 0 saturated heterocycles. The van der Waals surface area contributed by atoms with Crippen LogP contribution in [0.4, 0.5) is 5.69 Å². The van der Waals surface area contributed by atoms with Crippen molar-refractivity contribution in [2.45, 2.75) is 20.8 Å². The van der Waals surface area contributed by atoms with Crippen molar-refractivity contribution < 1.29 is 9.47 Å². The molecule has 0 heterocycles. The van der Waals surface area contributed by atoms with Crippen LogP contribution < -0.4 is 14.8 Å². The molecule has 16 heavy (non-hydrogen) atoms. The van der Waals surface area contributed by atoms with Gasteiger partial charge in [0, 0.05) is 18.3 Å². The zero-order valence-corrected chi connectivity index (χ0v) is 10.8. The van der Waals surface area contributed by atoms with Crippen molar-refractivity contribution in [2.75, 3.05) is 26.1 Å². The van der Waals surface area contributed by atoms with Gasteiger partial charge < -0.3 is 14.8 Å². The lowest BCUT2D eigenvalue weighted by Gasteiger charge is -2.15. The van der Waals surface area contributed by atoms with Gasteiger partial charge in [0.1, 0.15) is 0 Å². The molecule has 3 heteroatoms. The molecule has 0 aromatic heterocycles. The van der Waals surface area contributed by atoms with Gasteiger partial charge in [0.2, 0.25) is 0 Å². The minimum atomic E-state index is 0.618. The second-order valence-electron chi connectivity index (χ2n) is 4.30. The highest BCUT2D eigenvalue weighted by molar-refractivity contribution is 5.60. The summed E-state index contributed by atoms with van der Waals surface area (Å²) in [6, 6.07) is 3.97.